The van der Waals surface area contributed by atoms with E-state index in [4.69, 9.17) is 0 Å². The van der Waals surface area contributed by atoms with Gasteiger partial charge in [0.05, 0.1) is 29.3 Å². The number of amides is 1. The highest BCUT2D eigenvalue weighted by molar-refractivity contribution is 5.78. The van der Waals surface area contributed by atoms with Gasteiger partial charge in [0.2, 0.25) is 5.91 Å². The highest BCUT2D eigenvalue weighted by Crippen LogP contribution is 2.24. The van der Waals surface area contributed by atoms with Gasteiger partial charge in [0.15, 0.2) is 0 Å². The molecule has 1 atom stereocenters. The number of fused-ring (bicyclic) bond motifs is 1. The Hall–Kier alpha value is -3.37. The molecule has 0 aliphatic rings. The van der Waals surface area contributed by atoms with E-state index in [-0.39, 0.29) is 18.3 Å². The van der Waals surface area contributed by atoms with Gasteiger partial charge in [0, 0.05) is 6.04 Å². The van der Waals surface area contributed by atoms with Crippen LogP contribution >= 0.6 is 0 Å². The number of rotatable bonds is 6. The van der Waals surface area contributed by atoms with Gasteiger partial charge < -0.3 is 10.1 Å². The molecule has 1 N–H and O–H groups in total. The summed E-state index contributed by atoms with van der Waals surface area (Å²) in [4.78, 5) is 24.9. The van der Waals surface area contributed by atoms with E-state index in [1.54, 1.807) is 11.6 Å². The molecule has 3 rings (SSSR count). The van der Waals surface area contributed by atoms with Crippen molar-refractivity contribution in [3.63, 3.8) is 0 Å². The maximum atomic E-state index is 12.6. The zero-order chi connectivity index (χ0) is 22.1. The first kappa shape index (κ1) is 21.3. The molecule has 0 aliphatic carbocycles. The van der Waals surface area contributed by atoms with Crippen LogP contribution in [0.15, 0.2) is 41.5 Å². The van der Waals surface area contributed by atoms with Crippen LogP contribution in [0.3, 0.4) is 0 Å². The number of aromatic nitrogens is 4. The molecule has 0 bridgehead atoms. The second kappa shape index (κ2) is 8.17. The third kappa shape index (κ3) is 4.78. The van der Waals surface area contributed by atoms with Crippen LogP contribution < -0.4 is 15.6 Å². The molecular weight excluding hydrogens is 403 g/mol. The first-order valence-corrected chi connectivity index (χ1v) is 9.13. The number of nitrogens with one attached hydrogen (secondary N) is 1. The fraction of sp³-hybridized carbons (Fsp3) is 0.368. The Bertz CT molecular complexity index is 1100. The quantitative estimate of drug-likeness (QED) is 0.658. The van der Waals surface area contributed by atoms with Gasteiger partial charge in [-0.15, -0.1) is 13.2 Å². The fourth-order valence-corrected chi connectivity index (χ4v) is 2.97. The Balaban J connectivity index is 1.68. The molecule has 0 unspecified atom stereocenters. The van der Waals surface area contributed by atoms with Gasteiger partial charge in [0.25, 0.3) is 5.56 Å². The first-order chi connectivity index (χ1) is 14.0. The lowest BCUT2D eigenvalue weighted by Gasteiger charge is -2.16. The van der Waals surface area contributed by atoms with Crippen LogP contribution in [0.2, 0.25) is 0 Å². The zero-order valence-electron chi connectivity index (χ0n) is 16.5. The predicted octanol–water partition coefficient (Wildman–Crippen LogP) is 2.95. The number of nitrogens with zero attached hydrogens (tertiary/aromatic N) is 4. The van der Waals surface area contributed by atoms with Crippen LogP contribution in [-0.4, -0.2) is 31.8 Å². The predicted molar refractivity (Wildman–Crippen MR) is 102 cm³/mol. The van der Waals surface area contributed by atoms with Crippen molar-refractivity contribution in [3.05, 3.63) is 52.6 Å². The number of benzene rings is 1. The van der Waals surface area contributed by atoms with Gasteiger partial charge in [0.1, 0.15) is 12.3 Å². The third-order valence-corrected chi connectivity index (χ3v) is 4.39. The molecule has 1 aromatic carbocycles. The zero-order valence-corrected chi connectivity index (χ0v) is 16.5. The van der Waals surface area contributed by atoms with E-state index >= 15 is 0 Å². The minimum Gasteiger partial charge on any atom is -0.406 e. The molecule has 11 heteroatoms. The Labute approximate surface area is 169 Å². The molecule has 3 aromatic rings. The number of carbonyl (C=O) groups excluding carboxylic acids is 1. The Morgan fingerprint density at radius 1 is 1.13 bits per heavy atom. The second-order valence-electron chi connectivity index (χ2n) is 7.00. The number of ether oxygens (including phenoxy) is 1. The number of halogens is 3. The summed E-state index contributed by atoms with van der Waals surface area (Å²) in [7, 11) is 0. The number of hydrogen-bond acceptors (Lipinski definition) is 5. The maximum absolute atomic E-state index is 12.6. The van der Waals surface area contributed by atoms with Crippen LogP contribution in [0.4, 0.5) is 13.2 Å². The highest BCUT2D eigenvalue weighted by atomic mass is 19.4. The molecule has 0 spiro atoms. The molecule has 8 nitrogen and oxygen atoms in total. The number of carbonyl (C=O) groups is 1. The third-order valence-electron chi connectivity index (χ3n) is 4.39. The van der Waals surface area contributed by atoms with Gasteiger partial charge in [-0.3, -0.25) is 14.3 Å². The average molecular weight is 423 g/mol. The average Bonchev–Trinajstić information content (AvgIpc) is 3.08. The number of hydrogen-bond donors (Lipinski definition) is 1. The van der Waals surface area contributed by atoms with Crippen molar-refractivity contribution in [2.75, 3.05) is 0 Å². The summed E-state index contributed by atoms with van der Waals surface area (Å²) in [5.74, 6) is -0.820. The molecule has 0 radical (unpaired) electrons. The van der Waals surface area contributed by atoms with Gasteiger partial charge in [-0.2, -0.15) is 10.2 Å². The largest absolute Gasteiger partial charge is 0.573 e. The smallest absolute Gasteiger partial charge is 0.406 e. The van der Waals surface area contributed by atoms with Crippen LogP contribution in [0.25, 0.3) is 10.9 Å². The van der Waals surface area contributed by atoms with Crippen molar-refractivity contribution in [2.45, 2.75) is 45.8 Å². The molecule has 160 valence electrons. The lowest BCUT2D eigenvalue weighted by atomic mass is 10.1. The van der Waals surface area contributed by atoms with Gasteiger partial charge >= 0.3 is 6.36 Å². The van der Waals surface area contributed by atoms with Crippen LogP contribution in [0.5, 0.6) is 5.75 Å². The summed E-state index contributed by atoms with van der Waals surface area (Å²) >= 11 is 0. The van der Waals surface area contributed by atoms with E-state index in [2.05, 4.69) is 20.3 Å². The SMILES string of the molecule is CC(C)n1ncc2c(=O)n(CC(=O)N[C@@H](C)c3ccc(OC(F)(F)F)cc3)ncc21. The van der Waals surface area contributed by atoms with E-state index in [9.17, 15) is 22.8 Å². The van der Waals surface area contributed by atoms with Crippen molar-refractivity contribution in [3.8, 4) is 5.75 Å². The lowest BCUT2D eigenvalue weighted by molar-refractivity contribution is -0.274. The molecule has 0 aliphatic heterocycles. The van der Waals surface area contributed by atoms with Crippen molar-refractivity contribution in [1.82, 2.24) is 24.9 Å². The Morgan fingerprint density at radius 3 is 2.40 bits per heavy atom. The fourth-order valence-electron chi connectivity index (χ4n) is 2.97. The molecule has 1 amide bonds. The maximum Gasteiger partial charge on any atom is 0.573 e. The number of alkyl halides is 3. The lowest BCUT2D eigenvalue weighted by Crippen LogP contribution is -2.34. The Kier molecular flexibility index (Phi) is 5.81. The molecular formula is C19H20F3N5O3. The van der Waals surface area contributed by atoms with E-state index in [1.807, 2.05) is 13.8 Å². The first-order valence-electron chi connectivity index (χ1n) is 9.13. The minimum absolute atomic E-state index is 0.0524. The summed E-state index contributed by atoms with van der Waals surface area (Å²) in [5.41, 5.74) is 0.726. The van der Waals surface area contributed by atoms with E-state index < -0.39 is 23.9 Å². The molecule has 0 saturated heterocycles. The normalized spacial score (nSPS) is 12.9. The van der Waals surface area contributed by atoms with E-state index in [1.165, 1.54) is 24.5 Å². The minimum atomic E-state index is -4.77. The Morgan fingerprint density at radius 2 is 1.80 bits per heavy atom. The van der Waals surface area contributed by atoms with Gasteiger partial charge in [-0.25, -0.2) is 4.68 Å². The van der Waals surface area contributed by atoms with Crippen LogP contribution in [0.1, 0.15) is 38.4 Å². The molecule has 2 heterocycles. The topological polar surface area (TPSA) is 91.0 Å². The van der Waals surface area contributed by atoms with Crippen LogP contribution in [-0.2, 0) is 11.3 Å². The van der Waals surface area contributed by atoms with Gasteiger partial charge in [-0.1, -0.05) is 12.1 Å². The monoisotopic (exact) mass is 423 g/mol. The summed E-state index contributed by atoms with van der Waals surface area (Å²) in [5, 5.41) is 11.3. The standard InChI is InChI=1S/C19H20F3N5O3/c1-11(2)27-16-9-23-26(18(29)15(16)8-24-27)10-17(28)25-12(3)13-4-6-14(7-5-13)30-19(20,21)22/h4-9,11-12H,10H2,1-3H3,(H,25,28)/t12-/m0/s1. The molecule has 0 saturated carbocycles. The summed E-state index contributed by atoms with van der Waals surface area (Å²) < 4.78 is 43.2. The summed E-state index contributed by atoms with van der Waals surface area (Å²) in [6.45, 7) is 5.22. The summed E-state index contributed by atoms with van der Waals surface area (Å²) in [6, 6.07) is 4.72. The van der Waals surface area contributed by atoms with E-state index in [0.717, 1.165) is 16.8 Å². The molecule has 30 heavy (non-hydrogen) atoms. The second-order valence-corrected chi connectivity index (χ2v) is 7.00. The van der Waals surface area contributed by atoms with Crippen molar-refractivity contribution in [1.29, 1.82) is 0 Å². The van der Waals surface area contributed by atoms with Crippen molar-refractivity contribution in [2.24, 2.45) is 0 Å². The highest BCUT2D eigenvalue weighted by Gasteiger charge is 2.31. The van der Waals surface area contributed by atoms with Gasteiger partial charge in [-0.05, 0) is 38.5 Å². The van der Waals surface area contributed by atoms with Crippen molar-refractivity contribution >= 4 is 16.8 Å². The molecule has 0 fully saturated rings. The summed E-state index contributed by atoms with van der Waals surface area (Å²) in [6.07, 6.45) is -1.84. The molecule has 2 aromatic heterocycles. The van der Waals surface area contributed by atoms with Crippen molar-refractivity contribution < 1.29 is 22.7 Å². The van der Waals surface area contributed by atoms with E-state index in [0.29, 0.717) is 16.5 Å². The van der Waals surface area contributed by atoms with Crippen LogP contribution in [0, 0.1) is 0 Å².